The Hall–Kier alpha value is -0.750. The zero-order valence-electron chi connectivity index (χ0n) is 11.8. The topological polar surface area (TPSA) is 42.1 Å². The molecular weight excluding hydrogens is 334 g/mol. The monoisotopic (exact) mass is 353 g/mol. The Morgan fingerprint density at radius 1 is 1.45 bits per heavy atom. The summed E-state index contributed by atoms with van der Waals surface area (Å²) in [6, 6.07) is 7.01. The van der Waals surface area contributed by atoms with Crippen LogP contribution >= 0.6 is 27.3 Å². The summed E-state index contributed by atoms with van der Waals surface area (Å²) in [5.74, 6) is 0. The molecule has 3 nitrogen and oxygen atoms in total. The van der Waals surface area contributed by atoms with E-state index in [4.69, 9.17) is 5.73 Å². The van der Waals surface area contributed by atoms with E-state index in [1.165, 1.54) is 4.88 Å². The first-order valence-corrected chi connectivity index (χ1v) is 8.34. The number of rotatable bonds is 6. The number of thiophene rings is 1. The molecule has 0 radical (unpaired) electrons. The minimum Gasteiger partial charge on any atom is -0.329 e. The molecule has 2 aromatic heterocycles. The second-order valence-electron chi connectivity index (χ2n) is 4.99. The maximum absolute atomic E-state index is 5.98. The summed E-state index contributed by atoms with van der Waals surface area (Å²) in [6.07, 6.45) is 4.74. The van der Waals surface area contributed by atoms with E-state index in [9.17, 15) is 0 Å². The highest BCUT2D eigenvalue weighted by atomic mass is 79.9. The number of halogens is 1. The third-order valence-corrected chi connectivity index (χ3v) is 4.93. The Labute approximate surface area is 133 Å². The van der Waals surface area contributed by atoms with Gasteiger partial charge in [-0.1, -0.05) is 6.07 Å². The summed E-state index contributed by atoms with van der Waals surface area (Å²) in [4.78, 5) is 7.99. The van der Waals surface area contributed by atoms with Gasteiger partial charge >= 0.3 is 0 Å². The van der Waals surface area contributed by atoms with Crippen LogP contribution in [-0.2, 0) is 6.42 Å². The lowest BCUT2D eigenvalue weighted by Crippen LogP contribution is -2.38. The van der Waals surface area contributed by atoms with Gasteiger partial charge in [-0.3, -0.25) is 9.88 Å². The van der Waals surface area contributed by atoms with Crippen LogP contribution in [0, 0.1) is 0 Å². The highest BCUT2D eigenvalue weighted by Gasteiger charge is 2.21. The second-order valence-corrected chi connectivity index (χ2v) is 6.93. The highest BCUT2D eigenvalue weighted by Crippen LogP contribution is 2.24. The van der Waals surface area contributed by atoms with Crippen molar-refractivity contribution in [1.82, 2.24) is 9.88 Å². The van der Waals surface area contributed by atoms with E-state index in [1.54, 1.807) is 6.20 Å². The molecule has 0 aliphatic heterocycles. The van der Waals surface area contributed by atoms with Crippen molar-refractivity contribution < 1.29 is 0 Å². The Morgan fingerprint density at radius 3 is 2.85 bits per heavy atom. The van der Waals surface area contributed by atoms with Crippen LogP contribution in [0.1, 0.15) is 23.4 Å². The van der Waals surface area contributed by atoms with Gasteiger partial charge < -0.3 is 5.73 Å². The Bertz CT molecular complexity index is 530. The van der Waals surface area contributed by atoms with E-state index in [2.05, 4.69) is 63.4 Å². The summed E-state index contributed by atoms with van der Waals surface area (Å²) in [5.41, 5.74) is 7.14. The third-order valence-electron chi connectivity index (χ3n) is 3.60. The van der Waals surface area contributed by atoms with Gasteiger partial charge in [0.1, 0.15) is 0 Å². The number of pyridine rings is 1. The van der Waals surface area contributed by atoms with E-state index >= 15 is 0 Å². The van der Waals surface area contributed by atoms with Crippen LogP contribution in [0.2, 0.25) is 0 Å². The molecule has 0 spiro atoms. The molecule has 2 rings (SSSR count). The lowest BCUT2D eigenvalue weighted by molar-refractivity contribution is 0.188. The predicted octanol–water partition coefficient (Wildman–Crippen LogP) is 3.47. The molecule has 0 bridgehead atoms. The van der Waals surface area contributed by atoms with E-state index in [0.717, 1.165) is 16.5 Å². The number of aromatic nitrogens is 1. The lowest BCUT2D eigenvalue weighted by Gasteiger charge is -2.32. The van der Waals surface area contributed by atoms with Crippen LogP contribution in [0.15, 0.2) is 40.4 Å². The molecule has 0 aliphatic rings. The maximum Gasteiger partial charge on any atom is 0.0486 e. The van der Waals surface area contributed by atoms with Crippen molar-refractivity contribution in [2.45, 2.75) is 25.4 Å². The lowest BCUT2D eigenvalue weighted by atomic mass is 10.0. The van der Waals surface area contributed by atoms with Gasteiger partial charge in [-0.25, -0.2) is 0 Å². The number of nitrogens with zero attached hydrogens (tertiary/aromatic N) is 2. The van der Waals surface area contributed by atoms with Gasteiger partial charge in [0, 0.05) is 40.4 Å². The molecule has 2 atom stereocenters. The summed E-state index contributed by atoms with van der Waals surface area (Å²) in [6.45, 7) is 2.83. The maximum atomic E-state index is 5.98. The second kappa shape index (κ2) is 7.31. The fourth-order valence-corrected chi connectivity index (χ4v) is 3.53. The van der Waals surface area contributed by atoms with Gasteiger partial charge in [-0.2, -0.15) is 0 Å². The minimum atomic E-state index is 0.190. The van der Waals surface area contributed by atoms with Crippen LogP contribution in [0.4, 0.5) is 0 Å². The molecule has 2 aromatic rings. The Morgan fingerprint density at radius 2 is 2.25 bits per heavy atom. The van der Waals surface area contributed by atoms with Gasteiger partial charge in [-0.05, 0) is 59.4 Å². The van der Waals surface area contributed by atoms with Crippen LogP contribution in [-0.4, -0.2) is 29.5 Å². The zero-order valence-corrected chi connectivity index (χ0v) is 14.2. The van der Waals surface area contributed by atoms with E-state index < -0.39 is 0 Å². The number of likely N-dealkylation sites (N-methyl/N-ethyl adjacent to an activating group) is 1. The average Bonchev–Trinajstić information content (AvgIpc) is 2.92. The Kier molecular flexibility index (Phi) is 5.72. The molecule has 2 N–H and O–H groups in total. The third kappa shape index (κ3) is 3.88. The minimum absolute atomic E-state index is 0.190. The molecule has 108 valence electrons. The summed E-state index contributed by atoms with van der Waals surface area (Å²) in [5, 5.41) is 2.13. The first-order valence-electron chi connectivity index (χ1n) is 6.66. The number of nitrogens with two attached hydrogens (primary N) is 1. The molecule has 0 aromatic carbocycles. The molecular formula is C15H20BrN3S. The molecule has 0 amide bonds. The first-order chi connectivity index (χ1) is 9.61. The zero-order chi connectivity index (χ0) is 14.5. The standard InChI is InChI=1S/C15H20BrN3S/c1-11(6-14-4-3-5-20-14)19(2)15(8-17)12-7-13(16)10-18-9-12/h3-5,7,9-11,15H,6,8,17H2,1-2H3. The smallest absolute Gasteiger partial charge is 0.0486 e. The van der Waals surface area contributed by atoms with Gasteiger partial charge in [0.2, 0.25) is 0 Å². The summed E-state index contributed by atoms with van der Waals surface area (Å²) < 4.78 is 0.993. The van der Waals surface area contributed by atoms with Crippen molar-refractivity contribution in [3.8, 4) is 0 Å². The molecule has 2 unspecified atom stereocenters. The number of hydrogen-bond donors (Lipinski definition) is 1. The average molecular weight is 354 g/mol. The molecule has 0 saturated carbocycles. The predicted molar refractivity (Wildman–Crippen MR) is 89.0 cm³/mol. The van der Waals surface area contributed by atoms with Gasteiger partial charge in [-0.15, -0.1) is 11.3 Å². The first kappa shape index (κ1) is 15.6. The van der Waals surface area contributed by atoms with Crippen LogP contribution in [0.5, 0.6) is 0 Å². The molecule has 0 fully saturated rings. The fraction of sp³-hybridized carbons (Fsp3) is 0.400. The summed E-state index contributed by atoms with van der Waals surface area (Å²) in [7, 11) is 2.14. The quantitative estimate of drug-likeness (QED) is 0.864. The highest BCUT2D eigenvalue weighted by molar-refractivity contribution is 9.10. The fourth-order valence-electron chi connectivity index (χ4n) is 2.32. The van der Waals surface area contributed by atoms with Crippen molar-refractivity contribution in [1.29, 1.82) is 0 Å². The normalized spacial score (nSPS) is 14.4. The molecule has 20 heavy (non-hydrogen) atoms. The molecule has 0 saturated heterocycles. The number of hydrogen-bond acceptors (Lipinski definition) is 4. The Balaban J connectivity index is 2.10. The van der Waals surface area contributed by atoms with E-state index in [-0.39, 0.29) is 6.04 Å². The largest absolute Gasteiger partial charge is 0.329 e. The van der Waals surface area contributed by atoms with Crippen LogP contribution in [0.25, 0.3) is 0 Å². The van der Waals surface area contributed by atoms with Crippen LogP contribution in [0.3, 0.4) is 0 Å². The SMILES string of the molecule is CC(Cc1cccs1)N(C)C(CN)c1cncc(Br)c1. The molecule has 5 heteroatoms. The van der Waals surface area contributed by atoms with Crippen molar-refractivity contribution in [2.75, 3.05) is 13.6 Å². The molecule has 0 aliphatic carbocycles. The van der Waals surface area contributed by atoms with Crippen molar-refractivity contribution in [3.05, 3.63) is 50.9 Å². The van der Waals surface area contributed by atoms with Crippen molar-refractivity contribution >= 4 is 27.3 Å². The van der Waals surface area contributed by atoms with E-state index in [1.807, 2.05) is 17.5 Å². The van der Waals surface area contributed by atoms with Crippen molar-refractivity contribution in [2.24, 2.45) is 5.73 Å². The molecule has 2 heterocycles. The van der Waals surface area contributed by atoms with Gasteiger partial charge in [0.25, 0.3) is 0 Å². The van der Waals surface area contributed by atoms with Crippen molar-refractivity contribution in [3.63, 3.8) is 0 Å². The van der Waals surface area contributed by atoms with Gasteiger partial charge in [0.05, 0.1) is 0 Å². The van der Waals surface area contributed by atoms with Gasteiger partial charge in [0.15, 0.2) is 0 Å². The van der Waals surface area contributed by atoms with Crippen LogP contribution < -0.4 is 5.73 Å². The summed E-state index contributed by atoms with van der Waals surface area (Å²) >= 11 is 5.28. The van der Waals surface area contributed by atoms with E-state index in [0.29, 0.717) is 12.6 Å².